The molecular formula is C89H150NO8P. The van der Waals surface area contributed by atoms with Gasteiger partial charge in [0, 0.05) is 19.4 Å². The highest BCUT2D eigenvalue weighted by Gasteiger charge is 2.26. The molecule has 3 N–H and O–H groups in total. The lowest BCUT2D eigenvalue weighted by atomic mass is 10.0. The normalized spacial score (nSPS) is 13.8. The van der Waals surface area contributed by atoms with Gasteiger partial charge in [0.1, 0.15) is 6.61 Å². The number of rotatable bonds is 75. The third-order valence-corrected chi connectivity index (χ3v) is 18.1. The first-order valence-corrected chi connectivity index (χ1v) is 42.1. The number of carbonyl (C=O) groups is 2. The molecular weight excluding hydrogens is 1240 g/mol. The number of hydrogen-bond acceptors (Lipinski definition) is 8. The second kappa shape index (κ2) is 82.3. The summed E-state index contributed by atoms with van der Waals surface area (Å²) in [7, 11) is -4.41. The molecule has 0 bridgehead atoms. The molecule has 2 atom stereocenters. The molecule has 0 aliphatic rings. The fourth-order valence-corrected chi connectivity index (χ4v) is 12.0. The van der Waals surface area contributed by atoms with Gasteiger partial charge in [0.25, 0.3) is 0 Å². The van der Waals surface area contributed by atoms with Crippen LogP contribution in [0.5, 0.6) is 0 Å². The fraction of sp³-hybridized carbons (Fsp3) is 0.663. The molecule has 0 rings (SSSR count). The van der Waals surface area contributed by atoms with Crippen molar-refractivity contribution in [1.29, 1.82) is 0 Å². The van der Waals surface area contributed by atoms with Crippen molar-refractivity contribution in [2.75, 3.05) is 26.4 Å². The van der Waals surface area contributed by atoms with Gasteiger partial charge in [0.2, 0.25) is 0 Å². The molecule has 0 spiro atoms. The number of hydrogen-bond donors (Lipinski definition) is 2. The van der Waals surface area contributed by atoms with Crippen LogP contribution in [0.3, 0.4) is 0 Å². The molecule has 0 aromatic carbocycles. The standard InChI is InChI=1S/C89H150NO8P/c1-3-5-7-9-11-13-15-17-19-21-23-25-27-29-31-33-35-37-39-41-42-43-44-46-47-49-51-53-55-57-59-61-63-65-67-69-71-73-75-77-79-81-88(91)95-85-87(86-97-99(93,94)96-84-83-90)98-89(92)82-80-78-76-74-72-70-68-66-64-62-60-58-56-54-52-50-48-45-40-38-36-34-32-30-28-26-24-22-20-18-16-14-12-10-8-6-4-2/h5-8,11-14,17-20,23-26,30,32,36,38,45,48,52,54,58,60,64,66,87H,3-4,9-10,15-16,21-22,27-29,31,33-35,37,39-44,46-47,49-51,53,55-57,59,61-63,65,67-86,90H2,1-2H3,(H,93,94)/b7-5-,8-6-,13-11-,14-12-,19-17-,20-18-,25-23-,26-24-,32-30-,38-36-,48-45-,54-52-,60-58-,66-64-. The van der Waals surface area contributed by atoms with Crippen molar-refractivity contribution < 1.29 is 37.6 Å². The SMILES string of the molecule is CC/C=C\C/C=C\C/C=C\C/C=C\C/C=C\C/C=C\C/C=C\C/C=C\C/C=C\C/C=C\CCCCCCCCC(=O)OC(COC(=O)CCCCCCCCCCCCCCCCCCCCCCCCCCCCCC/C=C\C/C=C\C/C=C\C/C=C\CC)COP(=O)(O)OCCN. The maximum atomic E-state index is 12.8. The smallest absolute Gasteiger partial charge is 0.462 e. The predicted molar refractivity (Wildman–Crippen MR) is 431 cm³/mol. The summed E-state index contributed by atoms with van der Waals surface area (Å²) < 4.78 is 33.3. The first-order chi connectivity index (χ1) is 48.8. The Balaban J connectivity index is 3.86. The highest BCUT2D eigenvalue weighted by Crippen LogP contribution is 2.43. The Morgan fingerprint density at radius 2 is 0.525 bits per heavy atom. The zero-order chi connectivity index (χ0) is 71.5. The molecule has 0 aliphatic carbocycles. The highest BCUT2D eigenvalue weighted by atomic mass is 31.2. The minimum absolute atomic E-state index is 0.0447. The molecule has 9 nitrogen and oxygen atoms in total. The monoisotopic (exact) mass is 1390 g/mol. The van der Waals surface area contributed by atoms with Gasteiger partial charge in [-0.1, -0.05) is 377 Å². The largest absolute Gasteiger partial charge is 0.472 e. The van der Waals surface area contributed by atoms with Crippen molar-refractivity contribution in [3.63, 3.8) is 0 Å². The van der Waals surface area contributed by atoms with Crippen LogP contribution in [-0.2, 0) is 32.7 Å². The van der Waals surface area contributed by atoms with E-state index in [2.05, 4.69) is 184 Å². The zero-order valence-corrected chi connectivity index (χ0v) is 64.6. The molecule has 0 radical (unpaired) electrons. The molecule has 0 aliphatic heterocycles. The van der Waals surface area contributed by atoms with E-state index in [0.29, 0.717) is 6.42 Å². The van der Waals surface area contributed by atoms with E-state index in [4.69, 9.17) is 24.3 Å². The second-order valence-corrected chi connectivity index (χ2v) is 28.0. The Morgan fingerprint density at radius 3 is 0.778 bits per heavy atom. The zero-order valence-electron chi connectivity index (χ0n) is 63.7. The van der Waals surface area contributed by atoms with Gasteiger partial charge >= 0.3 is 19.8 Å². The van der Waals surface area contributed by atoms with E-state index < -0.39 is 26.5 Å². The summed E-state index contributed by atoms with van der Waals surface area (Å²) in [6, 6.07) is 0. The summed E-state index contributed by atoms with van der Waals surface area (Å²) in [6.45, 7) is 3.52. The van der Waals surface area contributed by atoms with E-state index in [1.807, 2.05) is 0 Å². The average Bonchev–Trinajstić information content (AvgIpc) is 1.64. The number of ether oxygens (including phenoxy) is 2. The van der Waals surface area contributed by atoms with Crippen LogP contribution in [0.4, 0.5) is 0 Å². The molecule has 99 heavy (non-hydrogen) atoms. The van der Waals surface area contributed by atoms with Crippen LogP contribution < -0.4 is 5.73 Å². The van der Waals surface area contributed by atoms with Crippen LogP contribution in [0.25, 0.3) is 0 Å². The molecule has 0 heterocycles. The third kappa shape index (κ3) is 82.2. The maximum absolute atomic E-state index is 12.8. The molecule has 0 saturated heterocycles. The molecule has 0 amide bonds. The van der Waals surface area contributed by atoms with E-state index in [-0.39, 0.29) is 38.6 Å². The van der Waals surface area contributed by atoms with E-state index in [9.17, 15) is 19.0 Å². The number of unbranched alkanes of at least 4 members (excludes halogenated alkanes) is 34. The Hall–Kier alpha value is -4.63. The summed E-state index contributed by atoms with van der Waals surface area (Å²) in [5.74, 6) is -0.841. The van der Waals surface area contributed by atoms with Crippen LogP contribution in [0, 0.1) is 0 Å². The second-order valence-electron chi connectivity index (χ2n) is 26.5. The molecule has 0 fully saturated rings. The van der Waals surface area contributed by atoms with Crippen LogP contribution in [0.2, 0.25) is 0 Å². The first kappa shape index (κ1) is 94.4. The molecule has 0 aromatic rings. The molecule has 10 heteroatoms. The minimum atomic E-state index is -4.41. The molecule has 564 valence electrons. The summed E-state index contributed by atoms with van der Waals surface area (Å²) in [6.07, 6.45) is 122. The third-order valence-electron chi connectivity index (χ3n) is 17.1. The average molecular weight is 1390 g/mol. The lowest BCUT2D eigenvalue weighted by Gasteiger charge is -2.19. The Morgan fingerprint density at radius 1 is 0.303 bits per heavy atom. The highest BCUT2D eigenvalue weighted by molar-refractivity contribution is 7.47. The van der Waals surface area contributed by atoms with Gasteiger partial charge in [0.15, 0.2) is 6.10 Å². The van der Waals surface area contributed by atoms with E-state index in [0.717, 1.165) is 148 Å². The first-order valence-electron chi connectivity index (χ1n) is 40.6. The van der Waals surface area contributed by atoms with E-state index >= 15 is 0 Å². The Bertz CT molecular complexity index is 2240. The van der Waals surface area contributed by atoms with Gasteiger partial charge < -0.3 is 20.1 Å². The predicted octanol–water partition coefficient (Wildman–Crippen LogP) is 27.6. The summed E-state index contributed by atoms with van der Waals surface area (Å²) >= 11 is 0. The maximum Gasteiger partial charge on any atom is 0.472 e. The van der Waals surface area contributed by atoms with E-state index in [1.54, 1.807) is 0 Å². The summed E-state index contributed by atoms with van der Waals surface area (Å²) in [4.78, 5) is 35.5. The lowest BCUT2D eigenvalue weighted by Crippen LogP contribution is -2.29. The topological polar surface area (TPSA) is 134 Å². The number of phosphoric ester groups is 1. The Kier molecular flexibility index (Phi) is 78.5. The van der Waals surface area contributed by atoms with Gasteiger partial charge in [-0.15, -0.1) is 0 Å². The van der Waals surface area contributed by atoms with Gasteiger partial charge in [-0.2, -0.15) is 0 Å². The summed E-state index contributed by atoms with van der Waals surface area (Å²) in [5, 5.41) is 0. The number of esters is 2. The lowest BCUT2D eigenvalue weighted by molar-refractivity contribution is -0.161. The molecule has 2 unspecified atom stereocenters. The number of allylic oxidation sites excluding steroid dienone is 28. The van der Waals surface area contributed by atoms with Crippen LogP contribution in [0.1, 0.15) is 348 Å². The summed E-state index contributed by atoms with van der Waals surface area (Å²) in [5.41, 5.74) is 5.41. The van der Waals surface area contributed by atoms with Crippen molar-refractivity contribution in [2.45, 2.75) is 354 Å². The van der Waals surface area contributed by atoms with Crippen molar-refractivity contribution in [1.82, 2.24) is 0 Å². The van der Waals surface area contributed by atoms with Crippen LogP contribution in [-0.4, -0.2) is 49.3 Å². The quantitative estimate of drug-likeness (QED) is 0.0264. The van der Waals surface area contributed by atoms with Gasteiger partial charge in [0.05, 0.1) is 13.2 Å². The molecule has 0 saturated carbocycles. The van der Waals surface area contributed by atoms with E-state index in [1.165, 1.54) is 167 Å². The molecule has 0 aromatic heterocycles. The Labute approximate surface area is 610 Å². The number of phosphoric acid groups is 1. The van der Waals surface area contributed by atoms with Crippen molar-refractivity contribution in [3.8, 4) is 0 Å². The van der Waals surface area contributed by atoms with Crippen molar-refractivity contribution in [3.05, 3.63) is 170 Å². The fourth-order valence-electron chi connectivity index (χ4n) is 11.2. The van der Waals surface area contributed by atoms with Gasteiger partial charge in [-0.25, -0.2) is 4.57 Å². The van der Waals surface area contributed by atoms with Gasteiger partial charge in [-0.3, -0.25) is 18.6 Å². The number of carbonyl (C=O) groups excluding carboxylic acids is 2. The van der Waals surface area contributed by atoms with Crippen molar-refractivity contribution in [2.24, 2.45) is 5.73 Å². The van der Waals surface area contributed by atoms with Crippen LogP contribution in [0.15, 0.2) is 170 Å². The minimum Gasteiger partial charge on any atom is -0.462 e. The van der Waals surface area contributed by atoms with Crippen LogP contribution >= 0.6 is 7.82 Å². The number of nitrogens with two attached hydrogens (primary N) is 1. The van der Waals surface area contributed by atoms with Gasteiger partial charge in [-0.05, 0) is 128 Å². The van der Waals surface area contributed by atoms with Crippen molar-refractivity contribution >= 4 is 19.8 Å².